The van der Waals surface area contributed by atoms with Gasteiger partial charge in [-0.2, -0.15) is 0 Å². The molecule has 2 heteroatoms. The quantitative estimate of drug-likeness (QED) is 0.678. The zero-order chi connectivity index (χ0) is 9.68. The van der Waals surface area contributed by atoms with E-state index >= 15 is 0 Å². The van der Waals surface area contributed by atoms with E-state index < -0.39 is 0 Å². The number of hydrogen-bond donors (Lipinski definition) is 1. The number of rotatable bonds is 6. The monoisotopic (exact) mass is 184 g/mol. The molecule has 1 saturated heterocycles. The molecule has 1 rings (SSSR count). The summed E-state index contributed by atoms with van der Waals surface area (Å²) < 4.78 is 0. The number of nitrogens with one attached hydrogen (secondary N) is 1. The summed E-state index contributed by atoms with van der Waals surface area (Å²) in [7, 11) is 0. The molecule has 0 bridgehead atoms. The molecule has 1 aliphatic rings. The van der Waals surface area contributed by atoms with Gasteiger partial charge in [-0.15, -0.1) is 0 Å². The van der Waals surface area contributed by atoms with Crippen molar-refractivity contribution in [1.82, 2.24) is 10.2 Å². The van der Waals surface area contributed by atoms with Crippen molar-refractivity contribution in [2.24, 2.45) is 0 Å². The van der Waals surface area contributed by atoms with Crippen LogP contribution in [0.25, 0.3) is 0 Å². The third-order valence-corrected chi connectivity index (χ3v) is 2.98. The topological polar surface area (TPSA) is 15.3 Å². The van der Waals surface area contributed by atoms with E-state index in [9.17, 15) is 0 Å². The fraction of sp³-hybridized carbons (Fsp3) is 1.00. The van der Waals surface area contributed by atoms with Gasteiger partial charge in [0.25, 0.3) is 0 Å². The molecule has 0 aliphatic carbocycles. The van der Waals surface area contributed by atoms with E-state index in [-0.39, 0.29) is 0 Å². The molecule has 0 aromatic carbocycles. The Kier molecular flexibility index (Phi) is 4.74. The lowest BCUT2D eigenvalue weighted by atomic mass is 10.0. The van der Waals surface area contributed by atoms with Crippen molar-refractivity contribution in [3.8, 4) is 0 Å². The van der Waals surface area contributed by atoms with Gasteiger partial charge < -0.3 is 5.32 Å². The van der Waals surface area contributed by atoms with Crippen LogP contribution >= 0.6 is 0 Å². The third-order valence-electron chi connectivity index (χ3n) is 2.98. The molecular formula is C11H24N2. The Morgan fingerprint density at radius 2 is 2.00 bits per heavy atom. The van der Waals surface area contributed by atoms with Crippen molar-refractivity contribution in [2.45, 2.75) is 52.1 Å². The lowest BCUT2D eigenvalue weighted by molar-refractivity contribution is 0.0977. The maximum atomic E-state index is 3.36. The summed E-state index contributed by atoms with van der Waals surface area (Å²) >= 11 is 0. The van der Waals surface area contributed by atoms with Gasteiger partial charge in [-0.1, -0.05) is 20.3 Å². The Labute approximate surface area is 82.7 Å². The van der Waals surface area contributed by atoms with Crippen LogP contribution in [0.4, 0.5) is 0 Å². The van der Waals surface area contributed by atoms with Crippen molar-refractivity contribution in [1.29, 1.82) is 0 Å². The Hall–Kier alpha value is -0.0800. The molecule has 0 radical (unpaired) electrons. The average molecular weight is 184 g/mol. The van der Waals surface area contributed by atoms with Crippen LogP contribution in [0.2, 0.25) is 0 Å². The average Bonchev–Trinajstić information content (AvgIpc) is 2.01. The highest BCUT2D eigenvalue weighted by Gasteiger charge is 2.26. The molecule has 2 nitrogen and oxygen atoms in total. The third kappa shape index (κ3) is 2.96. The molecule has 0 amide bonds. The van der Waals surface area contributed by atoms with Crippen molar-refractivity contribution >= 4 is 0 Å². The summed E-state index contributed by atoms with van der Waals surface area (Å²) in [5.74, 6) is 0. The maximum absolute atomic E-state index is 3.36. The van der Waals surface area contributed by atoms with Crippen LogP contribution in [0, 0.1) is 0 Å². The smallest absolute Gasteiger partial charge is 0.0348 e. The molecule has 0 saturated carbocycles. The van der Waals surface area contributed by atoms with Gasteiger partial charge in [-0.05, 0) is 26.3 Å². The Morgan fingerprint density at radius 1 is 1.31 bits per heavy atom. The molecule has 0 aromatic heterocycles. The summed E-state index contributed by atoms with van der Waals surface area (Å²) in [6.45, 7) is 10.6. The fourth-order valence-electron chi connectivity index (χ4n) is 2.11. The van der Waals surface area contributed by atoms with E-state index in [0.717, 1.165) is 12.1 Å². The van der Waals surface area contributed by atoms with Crippen LogP contribution < -0.4 is 5.32 Å². The molecule has 1 fully saturated rings. The van der Waals surface area contributed by atoms with Gasteiger partial charge in [-0.25, -0.2) is 0 Å². The normalized spacial score (nSPS) is 20.3. The van der Waals surface area contributed by atoms with Gasteiger partial charge in [-0.3, -0.25) is 4.90 Å². The molecule has 1 aliphatic heterocycles. The zero-order valence-electron chi connectivity index (χ0n) is 9.34. The molecule has 1 unspecified atom stereocenters. The first-order chi connectivity index (χ1) is 6.29. The molecule has 78 valence electrons. The van der Waals surface area contributed by atoms with Crippen molar-refractivity contribution in [2.75, 3.05) is 19.6 Å². The standard InChI is InChI=1S/C11H24N2/c1-4-6-10(3)13(7-5-2)11-8-12-9-11/h10-12H,4-9H2,1-3H3. The van der Waals surface area contributed by atoms with Gasteiger partial charge >= 0.3 is 0 Å². The summed E-state index contributed by atoms with van der Waals surface area (Å²) in [4.78, 5) is 2.68. The van der Waals surface area contributed by atoms with Crippen molar-refractivity contribution in [3.05, 3.63) is 0 Å². The lowest BCUT2D eigenvalue weighted by Gasteiger charge is -2.41. The summed E-state index contributed by atoms with van der Waals surface area (Å²) in [5, 5.41) is 3.36. The first kappa shape index (κ1) is 11.0. The van der Waals surface area contributed by atoms with E-state index in [1.54, 1.807) is 0 Å². The summed E-state index contributed by atoms with van der Waals surface area (Å²) in [5.41, 5.74) is 0. The van der Waals surface area contributed by atoms with Gasteiger partial charge in [0.15, 0.2) is 0 Å². The zero-order valence-corrected chi connectivity index (χ0v) is 9.34. The van der Waals surface area contributed by atoms with E-state index in [0.29, 0.717) is 0 Å². The second-order valence-electron chi connectivity index (χ2n) is 4.19. The van der Waals surface area contributed by atoms with Gasteiger partial charge in [0.05, 0.1) is 0 Å². The van der Waals surface area contributed by atoms with Gasteiger partial charge in [0.2, 0.25) is 0 Å². The highest BCUT2D eigenvalue weighted by Crippen LogP contribution is 2.14. The van der Waals surface area contributed by atoms with E-state index in [1.165, 1.54) is 38.9 Å². The van der Waals surface area contributed by atoms with Crippen LogP contribution in [0.5, 0.6) is 0 Å². The molecule has 0 spiro atoms. The largest absolute Gasteiger partial charge is 0.314 e. The number of hydrogen-bond acceptors (Lipinski definition) is 2. The van der Waals surface area contributed by atoms with E-state index in [4.69, 9.17) is 0 Å². The predicted molar refractivity (Wildman–Crippen MR) is 58.0 cm³/mol. The SMILES string of the molecule is CCCC(C)N(CCC)C1CNC1. The highest BCUT2D eigenvalue weighted by atomic mass is 15.2. The van der Waals surface area contributed by atoms with Crippen molar-refractivity contribution < 1.29 is 0 Å². The Balaban J connectivity index is 2.35. The molecular weight excluding hydrogens is 160 g/mol. The minimum atomic E-state index is 0.775. The summed E-state index contributed by atoms with van der Waals surface area (Å²) in [6.07, 6.45) is 3.93. The van der Waals surface area contributed by atoms with Gasteiger partial charge in [0, 0.05) is 25.2 Å². The first-order valence-electron chi connectivity index (χ1n) is 5.76. The van der Waals surface area contributed by atoms with Crippen molar-refractivity contribution in [3.63, 3.8) is 0 Å². The fourth-order valence-corrected chi connectivity index (χ4v) is 2.11. The predicted octanol–water partition coefficient (Wildman–Crippen LogP) is 1.86. The van der Waals surface area contributed by atoms with Crippen LogP contribution in [-0.2, 0) is 0 Å². The molecule has 1 heterocycles. The Morgan fingerprint density at radius 3 is 2.38 bits per heavy atom. The molecule has 1 atom stereocenters. The molecule has 13 heavy (non-hydrogen) atoms. The van der Waals surface area contributed by atoms with E-state index in [1.807, 2.05) is 0 Å². The van der Waals surface area contributed by atoms with Gasteiger partial charge in [0.1, 0.15) is 0 Å². The maximum Gasteiger partial charge on any atom is 0.0348 e. The van der Waals surface area contributed by atoms with E-state index in [2.05, 4.69) is 31.0 Å². The lowest BCUT2D eigenvalue weighted by Crippen LogP contribution is -2.59. The van der Waals surface area contributed by atoms with Crippen LogP contribution in [0.1, 0.15) is 40.0 Å². The second kappa shape index (κ2) is 5.61. The Bertz CT molecular complexity index is 132. The molecule has 1 N–H and O–H groups in total. The van der Waals surface area contributed by atoms with Crippen LogP contribution in [-0.4, -0.2) is 36.6 Å². The van der Waals surface area contributed by atoms with Crippen LogP contribution in [0.15, 0.2) is 0 Å². The first-order valence-corrected chi connectivity index (χ1v) is 5.76. The molecule has 0 aromatic rings. The number of nitrogens with zero attached hydrogens (tertiary/aromatic N) is 1. The summed E-state index contributed by atoms with van der Waals surface area (Å²) in [6, 6.07) is 1.60. The minimum absolute atomic E-state index is 0.775. The second-order valence-corrected chi connectivity index (χ2v) is 4.19. The highest BCUT2D eigenvalue weighted by molar-refractivity contribution is 4.86. The minimum Gasteiger partial charge on any atom is -0.314 e. The van der Waals surface area contributed by atoms with Crippen LogP contribution in [0.3, 0.4) is 0 Å².